The number of nitrogens with zero attached hydrogens (tertiary/aromatic N) is 1. The summed E-state index contributed by atoms with van der Waals surface area (Å²) in [7, 11) is -1.45. The first-order valence-corrected chi connectivity index (χ1v) is 12.6. The van der Waals surface area contributed by atoms with Crippen molar-refractivity contribution in [3.8, 4) is 6.07 Å². The highest BCUT2D eigenvalue weighted by atomic mass is 32.2. The van der Waals surface area contributed by atoms with Crippen molar-refractivity contribution in [2.24, 2.45) is 5.41 Å². The maximum absolute atomic E-state index is 14.2. The summed E-state index contributed by atoms with van der Waals surface area (Å²) in [6.45, 7) is 9.37. The number of benzene rings is 2. The molecule has 0 saturated carbocycles. The van der Waals surface area contributed by atoms with Gasteiger partial charge in [0, 0.05) is 11.6 Å². The Balaban J connectivity index is 2.02. The van der Waals surface area contributed by atoms with E-state index in [4.69, 9.17) is 14.2 Å². The molecular weight excluding hydrogens is 467 g/mol. The number of ether oxygens (including phenoxy) is 3. The molecule has 8 heteroatoms. The van der Waals surface area contributed by atoms with Crippen molar-refractivity contribution in [2.75, 3.05) is 0 Å². The van der Waals surface area contributed by atoms with E-state index in [1.807, 2.05) is 51.1 Å². The number of halogens is 1. The van der Waals surface area contributed by atoms with E-state index in [0.29, 0.717) is 5.56 Å². The lowest BCUT2D eigenvalue weighted by molar-refractivity contribution is -0.239. The summed E-state index contributed by atoms with van der Waals surface area (Å²) in [6, 6.07) is 17.3. The zero-order chi connectivity index (χ0) is 25.7. The zero-order valence-electron chi connectivity index (χ0n) is 20.8. The van der Waals surface area contributed by atoms with Crippen LogP contribution in [-0.2, 0) is 37.6 Å². The molecule has 1 aliphatic rings. The Morgan fingerprint density at radius 2 is 1.74 bits per heavy atom. The molecule has 0 bridgehead atoms. The Kier molecular flexibility index (Phi) is 8.37. The van der Waals surface area contributed by atoms with Crippen LogP contribution in [0.25, 0.3) is 0 Å². The van der Waals surface area contributed by atoms with Gasteiger partial charge < -0.3 is 14.2 Å². The summed E-state index contributed by atoms with van der Waals surface area (Å²) in [5.74, 6) is -1.92. The van der Waals surface area contributed by atoms with E-state index in [9.17, 15) is 13.9 Å². The van der Waals surface area contributed by atoms with Crippen molar-refractivity contribution in [1.82, 2.24) is 4.72 Å². The number of hydrogen-bond donors (Lipinski definition) is 1. The maximum atomic E-state index is 14.2. The summed E-state index contributed by atoms with van der Waals surface area (Å²) < 4.78 is 48.2. The minimum absolute atomic E-state index is 0.202. The number of hydrogen-bond acceptors (Lipinski definition) is 5. The van der Waals surface area contributed by atoms with E-state index < -0.39 is 44.9 Å². The number of nitriles is 1. The standard InChI is InChI=1S/C27H33FN2O4S/c1-25(2,3)35(31)30-23(26(4,5)19-29)17-24(32-18-20-10-7-6-8-11-20)27(33-14-15-34-27)21-12-9-13-22(28)16-21/h6-16,23-24,30H,17-18H2,1-5H3/t23-,24?,35+/m1/s1. The summed E-state index contributed by atoms with van der Waals surface area (Å²) in [5.41, 5.74) is 0.455. The molecule has 1 heterocycles. The minimum Gasteiger partial charge on any atom is -0.451 e. The Hall–Kier alpha value is -2.73. The van der Waals surface area contributed by atoms with Gasteiger partial charge >= 0.3 is 5.79 Å². The van der Waals surface area contributed by atoms with Gasteiger partial charge in [-0.15, -0.1) is 0 Å². The Labute approximate surface area is 209 Å². The molecule has 0 aromatic heterocycles. The first-order valence-electron chi connectivity index (χ1n) is 11.5. The number of rotatable bonds is 10. The van der Waals surface area contributed by atoms with Gasteiger partial charge in [-0.25, -0.2) is 13.3 Å². The zero-order valence-corrected chi connectivity index (χ0v) is 21.6. The second kappa shape index (κ2) is 10.9. The fourth-order valence-corrected chi connectivity index (χ4v) is 4.66. The number of nitrogens with one attached hydrogen (secondary N) is 1. The van der Waals surface area contributed by atoms with Crippen molar-refractivity contribution >= 4 is 11.0 Å². The highest BCUT2D eigenvalue weighted by Gasteiger charge is 2.50. The molecule has 0 spiro atoms. The molecule has 0 aliphatic carbocycles. The highest BCUT2D eigenvalue weighted by Crippen LogP contribution is 2.41. The van der Waals surface area contributed by atoms with Crippen LogP contribution < -0.4 is 4.72 Å². The Morgan fingerprint density at radius 1 is 1.09 bits per heavy atom. The molecule has 2 aromatic carbocycles. The summed E-state index contributed by atoms with van der Waals surface area (Å²) in [5, 5.41) is 9.93. The van der Waals surface area contributed by atoms with E-state index in [1.54, 1.807) is 26.0 Å². The van der Waals surface area contributed by atoms with E-state index in [2.05, 4.69) is 10.8 Å². The molecule has 6 nitrogen and oxygen atoms in total. The van der Waals surface area contributed by atoms with E-state index in [1.165, 1.54) is 24.7 Å². The molecule has 3 atom stereocenters. The van der Waals surface area contributed by atoms with Crippen LogP contribution in [0.3, 0.4) is 0 Å². The lowest BCUT2D eigenvalue weighted by atomic mass is 9.81. The third-order valence-electron chi connectivity index (χ3n) is 5.90. The molecule has 0 saturated heterocycles. The van der Waals surface area contributed by atoms with Gasteiger partial charge in [0.2, 0.25) is 0 Å². The Morgan fingerprint density at radius 3 is 2.31 bits per heavy atom. The van der Waals surface area contributed by atoms with Crippen LogP contribution in [0.4, 0.5) is 4.39 Å². The molecule has 0 fully saturated rings. The molecule has 3 rings (SSSR count). The van der Waals surface area contributed by atoms with Crippen molar-refractivity contribution in [1.29, 1.82) is 5.26 Å². The molecule has 2 aromatic rings. The third-order valence-corrected chi connectivity index (χ3v) is 7.51. The molecule has 35 heavy (non-hydrogen) atoms. The fourth-order valence-electron chi connectivity index (χ4n) is 3.66. The van der Waals surface area contributed by atoms with E-state index in [-0.39, 0.29) is 13.0 Å². The van der Waals surface area contributed by atoms with Crippen molar-refractivity contribution in [2.45, 2.75) is 70.3 Å². The largest absolute Gasteiger partial charge is 0.451 e. The van der Waals surface area contributed by atoms with Gasteiger partial charge in [-0.2, -0.15) is 5.26 Å². The van der Waals surface area contributed by atoms with Crippen LogP contribution >= 0.6 is 0 Å². The average molecular weight is 501 g/mol. The summed E-state index contributed by atoms with van der Waals surface area (Å²) >= 11 is 0. The van der Waals surface area contributed by atoms with Gasteiger partial charge in [0.1, 0.15) is 24.4 Å². The first kappa shape index (κ1) is 26.9. The van der Waals surface area contributed by atoms with Gasteiger partial charge in [0.25, 0.3) is 0 Å². The van der Waals surface area contributed by atoms with Crippen LogP contribution in [0.15, 0.2) is 67.1 Å². The van der Waals surface area contributed by atoms with Gasteiger partial charge in [0.15, 0.2) is 0 Å². The molecule has 188 valence electrons. The van der Waals surface area contributed by atoms with Gasteiger partial charge in [-0.05, 0) is 58.7 Å². The molecule has 0 amide bonds. The van der Waals surface area contributed by atoms with E-state index >= 15 is 0 Å². The van der Waals surface area contributed by atoms with Crippen LogP contribution in [0.2, 0.25) is 0 Å². The van der Waals surface area contributed by atoms with Gasteiger partial charge in [-0.1, -0.05) is 42.5 Å². The Bertz CT molecular complexity index is 1080. The monoisotopic (exact) mass is 500 g/mol. The van der Waals surface area contributed by atoms with Gasteiger partial charge in [-0.3, -0.25) is 0 Å². The SMILES string of the molecule is CC(C)(C#N)[C@@H](CC(OCc1ccccc1)C1(c2cccc(F)c2)OC=CO1)N[S@@](=O)C(C)(C)C. The van der Waals surface area contributed by atoms with Crippen molar-refractivity contribution < 1.29 is 22.8 Å². The topological polar surface area (TPSA) is 80.6 Å². The van der Waals surface area contributed by atoms with Gasteiger partial charge in [0.05, 0.1) is 33.8 Å². The lowest BCUT2D eigenvalue weighted by Gasteiger charge is -2.40. The van der Waals surface area contributed by atoms with Crippen LogP contribution in [0.5, 0.6) is 0 Å². The van der Waals surface area contributed by atoms with Crippen LogP contribution in [0, 0.1) is 22.6 Å². The normalized spacial score (nSPS) is 17.6. The highest BCUT2D eigenvalue weighted by molar-refractivity contribution is 7.84. The molecule has 1 aliphatic heterocycles. The lowest BCUT2D eigenvalue weighted by Crippen LogP contribution is -2.52. The predicted molar refractivity (Wildman–Crippen MR) is 133 cm³/mol. The second-order valence-corrected chi connectivity index (χ2v) is 12.1. The summed E-state index contributed by atoms with van der Waals surface area (Å²) in [4.78, 5) is 0. The third kappa shape index (κ3) is 6.49. The fraction of sp³-hybridized carbons (Fsp3) is 0.444. The molecule has 0 radical (unpaired) electrons. The molecule has 1 unspecified atom stereocenters. The summed E-state index contributed by atoms with van der Waals surface area (Å²) in [6.07, 6.45) is 2.21. The maximum Gasteiger partial charge on any atom is 0.303 e. The molecular formula is C27H33FN2O4S. The predicted octanol–water partition coefficient (Wildman–Crippen LogP) is 5.44. The van der Waals surface area contributed by atoms with Crippen LogP contribution in [0.1, 0.15) is 52.2 Å². The van der Waals surface area contributed by atoms with Crippen molar-refractivity contribution in [3.63, 3.8) is 0 Å². The first-order chi connectivity index (χ1) is 16.5. The smallest absolute Gasteiger partial charge is 0.303 e. The van der Waals surface area contributed by atoms with Crippen molar-refractivity contribution in [3.05, 3.63) is 84.1 Å². The second-order valence-electron chi connectivity index (χ2n) is 10.1. The van der Waals surface area contributed by atoms with E-state index in [0.717, 1.165) is 5.56 Å². The van der Waals surface area contributed by atoms with Crippen LogP contribution in [-0.4, -0.2) is 21.1 Å². The molecule has 1 N–H and O–H groups in total. The quantitative estimate of drug-likeness (QED) is 0.470. The minimum atomic E-state index is -1.48. The average Bonchev–Trinajstić information content (AvgIpc) is 3.32.